The number of nitrogens with zero attached hydrogens (tertiary/aromatic N) is 3. The third-order valence-corrected chi connectivity index (χ3v) is 3.87. The standard InChI is InChI=1S/CCl9N3P3/c2-14(3,4)11-1(12-15(5,6)7)13-16(8,9)10/q+1. The summed E-state index contributed by atoms with van der Waals surface area (Å²) < 4.78 is 10.6. The maximum absolute atomic E-state index is 5.49. The first-order chi connectivity index (χ1) is 6.79. The van der Waals surface area contributed by atoms with E-state index in [0.29, 0.717) is 0 Å². The van der Waals surface area contributed by atoms with E-state index in [4.69, 9.17) is 101 Å². The number of rotatable bonds is 1. The van der Waals surface area contributed by atoms with E-state index < -0.39 is 21.7 Å². The van der Waals surface area contributed by atoms with Crippen LogP contribution in [0.5, 0.6) is 0 Å². The van der Waals surface area contributed by atoms with Gasteiger partial charge < -0.3 is 0 Å². The monoisotopic (exact) mass is 462 g/mol. The van der Waals surface area contributed by atoms with Crippen molar-refractivity contribution >= 4 is 123 Å². The van der Waals surface area contributed by atoms with Gasteiger partial charge in [-0.3, -0.25) is 0 Å². The minimum atomic E-state index is -3.14. The summed E-state index contributed by atoms with van der Waals surface area (Å²) >= 11 is 49.4. The second-order valence-corrected chi connectivity index (χ2v) is 22.8. The summed E-state index contributed by atoms with van der Waals surface area (Å²) in [4.78, 5) is 0. The first kappa shape index (κ1) is 19.2. The van der Waals surface area contributed by atoms with E-state index >= 15 is 0 Å². The smallest absolute Gasteiger partial charge is 0.182 e. The molecule has 0 unspecified atom stereocenters. The van der Waals surface area contributed by atoms with E-state index in [1.807, 2.05) is 0 Å². The van der Waals surface area contributed by atoms with Crippen molar-refractivity contribution in [3.05, 3.63) is 0 Å². The normalized spacial score (nSPS) is 13.3. The molecule has 0 aromatic carbocycles. The highest BCUT2D eigenvalue weighted by atomic mass is 36.1. The lowest BCUT2D eigenvalue weighted by atomic mass is 11.1. The van der Waals surface area contributed by atoms with Crippen LogP contribution in [0.15, 0.2) is 14.3 Å². The van der Waals surface area contributed by atoms with Gasteiger partial charge in [0.1, 0.15) is 0 Å². The largest absolute Gasteiger partial charge is 0.425 e. The molecule has 0 saturated carbocycles. The van der Waals surface area contributed by atoms with Crippen LogP contribution in [0.2, 0.25) is 0 Å². The highest BCUT2D eigenvalue weighted by Gasteiger charge is 2.34. The second-order valence-electron chi connectivity index (χ2n) is 1.86. The Morgan fingerprint density at radius 2 is 1.06 bits per heavy atom. The van der Waals surface area contributed by atoms with Crippen molar-refractivity contribution in [1.29, 1.82) is 0 Å². The Labute approximate surface area is 136 Å². The van der Waals surface area contributed by atoms with Crippen LogP contribution in [0.1, 0.15) is 0 Å². The van der Waals surface area contributed by atoms with Gasteiger partial charge in [-0.15, -0.1) is 0 Å². The Kier molecular flexibility index (Phi) is 8.69. The summed E-state index contributed by atoms with van der Waals surface area (Å²) in [5, 5.41) is -6.29. The second kappa shape index (κ2) is 7.26. The molecule has 0 saturated heterocycles. The van der Waals surface area contributed by atoms with E-state index in [2.05, 4.69) is 14.3 Å². The Hall–Kier alpha value is 3.17. The molecule has 3 nitrogen and oxygen atoms in total. The van der Waals surface area contributed by atoms with Crippen LogP contribution < -0.4 is 0 Å². The molecule has 15 heteroatoms. The molecule has 0 bridgehead atoms. The van der Waals surface area contributed by atoms with Crippen molar-refractivity contribution in [2.24, 2.45) is 14.3 Å². The topological polar surface area (TPSA) is 37.1 Å². The fourth-order valence-electron chi connectivity index (χ4n) is 0.364. The molecule has 0 aromatic rings. The van der Waals surface area contributed by atoms with Gasteiger partial charge in [0.25, 0.3) is 5.96 Å². The number of hydrogen-bond donors (Lipinski definition) is 0. The van der Waals surface area contributed by atoms with Gasteiger partial charge in [0.2, 0.25) is 10.2 Å². The molecule has 0 spiro atoms. The lowest BCUT2D eigenvalue weighted by molar-refractivity contribution is 1.57. The number of halogens is 9. The van der Waals surface area contributed by atoms with E-state index in [1.54, 1.807) is 0 Å². The third-order valence-electron chi connectivity index (χ3n) is 0.608. The molecule has 0 aliphatic carbocycles. The Morgan fingerprint density at radius 3 is 1.25 bits per heavy atom. The van der Waals surface area contributed by atoms with Crippen molar-refractivity contribution in [2.75, 3.05) is 0 Å². The minimum absolute atomic E-state index is 0.421. The summed E-state index contributed by atoms with van der Waals surface area (Å²) in [5.74, 6) is -0.421. The summed E-state index contributed by atoms with van der Waals surface area (Å²) in [6, 6.07) is 0. The highest BCUT2D eigenvalue weighted by Crippen LogP contribution is 2.76. The van der Waals surface area contributed by atoms with Crippen molar-refractivity contribution < 1.29 is 0 Å². The third kappa shape index (κ3) is 13.6. The Bertz CT molecular complexity index is 337. The molecular weight excluding hydrogens is 466 g/mol. The molecule has 0 aromatic heterocycles. The van der Waals surface area contributed by atoms with Gasteiger partial charge in [0, 0.05) is 0 Å². The quantitative estimate of drug-likeness (QED) is 0.210. The molecule has 0 aliphatic heterocycles. The van der Waals surface area contributed by atoms with Gasteiger partial charge >= 0.3 is 5.47 Å². The number of guanidine groups is 1. The van der Waals surface area contributed by atoms with Crippen molar-refractivity contribution in [3.63, 3.8) is 0 Å². The molecule has 0 aliphatic rings. The predicted molar refractivity (Wildman–Crippen MR) is 85.7 cm³/mol. The lowest BCUT2D eigenvalue weighted by Gasteiger charge is -2.00. The van der Waals surface area contributed by atoms with E-state index in [0.717, 1.165) is 0 Å². The minimum Gasteiger partial charge on any atom is -0.182 e. The van der Waals surface area contributed by atoms with Crippen LogP contribution in [0, 0.1) is 0 Å². The van der Waals surface area contributed by atoms with Crippen LogP contribution in [0.3, 0.4) is 0 Å². The van der Waals surface area contributed by atoms with Gasteiger partial charge in [-0.2, -0.15) is 9.49 Å². The first-order valence-electron chi connectivity index (χ1n) is 2.79. The average molecular weight is 466 g/mol. The maximum Gasteiger partial charge on any atom is 0.425 e. The van der Waals surface area contributed by atoms with Crippen LogP contribution in [0.25, 0.3) is 0 Å². The molecule has 0 rings (SSSR count). The Morgan fingerprint density at radius 1 is 0.750 bits per heavy atom. The molecule has 0 amide bonds. The summed E-state index contributed by atoms with van der Waals surface area (Å²) in [6.45, 7) is 0. The lowest BCUT2D eigenvalue weighted by Crippen LogP contribution is -1.83. The van der Waals surface area contributed by atoms with Crippen molar-refractivity contribution in [2.45, 2.75) is 0 Å². The Balaban J connectivity index is 5.54. The van der Waals surface area contributed by atoms with Gasteiger partial charge in [0.15, 0.2) is 33.7 Å². The maximum atomic E-state index is 5.49. The fraction of sp³-hybridized carbons (Fsp3) is 0. The van der Waals surface area contributed by atoms with E-state index in [9.17, 15) is 0 Å². The van der Waals surface area contributed by atoms with Crippen LogP contribution in [-0.2, 0) is 0 Å². The van der Waals surface area contributed by atoms with Crippen LogP contribution >= 0.6 is 117 Å². The zero-order valence-corrected chi connectivity index (χ0v) is 16.1. The molecular formula is CCl9N3P3+. The zero-order chi connectivity index (χ0) is 13.2. The molecule has 0 fully saturated rings. The molecule has 0 N–H and O–H groups in total. The fourth-order valence-corrected chi connectivity index (χ4v) is 3.28. The first-order valence-corrected chi connectivity index (χ1v) is 16.2. The summed E-state index contributed by atoms with van der Waals surface area (Å²) in [5.41, 5.74) is -3.14. The van der Waals surface area contributed by atoms with Crippen LogP contribution in [-0.4, -0.2) is 5.96 Å². The molecule has 0 heterocycles. The van der Waals surface area contributed by atoms with Gasteiger partial charge in [-0.05, 0) is 72.2 Å². The van der Waals surface area contributed by atoms with E-state index in [1.165, 1.54) is 0 Å². The van der Waals surface area contributed by atoms with Crippen molar-refractivity contribution in [1.82, 2.24) is 0 Å². The van der Waals surface area contributed by atoms with Crippen molar-refractivity contribution in [3.8, 4) is 0 Å². The van der Waals surface area contributed by atoms with Crippen LogP contribution in [0.4, 0.5) is 0 Å². The SMILES string of the molecule is ClP(Cl)(Cl)=NC(=N[P+](Cl)(Cl)Cl)N=P(Cl)(Cl)Cl. The predicted octanol–water partition coefficient (Wildman–Crippen LogP) is 9.06. The average Bonchev–Trinajstić information content (AvgIpc) is 1.70. The zero-order valence-electron chi connectivity index (χ0n) is 6.58. The summed E-state index contributed by atoms with van der Waals surface area (Å²) in [7, 11) is 0. The van der Waals surface area contributed by atoms with Gasteiger partial charge in [-0.25, -0.2) is 0 Å². The van der Waals surface area contributed by atoms with Gasteiger partial charge in [0.05, 0.1) is 0 Å². The molecule has 16 heavy (non-hydrogen) atoms. The van der Waals surface area contributed by atoms with Gasteiger partial charge in [-0.1, -0.05) is 0 Å². The molecule has 96 valence electrons. The summed E-state index contributed by atoms with van der Waals surface area (Å²) in [6.07, 6.45) is 0. The molecule has 0 radical (unpaired) electrons. The van der Waals surface area contributed by atoms with E-state index in [-0.39, 0.29) is 0 Å². The molecule has 0 atom stereocenters. The number of hydrogen-bond acceptors (Lipinski definition) is 1. The highest BCUT2D eigenvalue weighted by molar-refractivity contribution is 8.32.